The van der Waals surface area contributed by atoms with Crippen LogP contribution in [0.5, 0.6) is 5.75 Å². The number of ether oxygens (including phenoxy) is 2. The fourth-order valence-corrected chi connectivity index (χ4v) is 6.38. The lowest BCUT2D eigenvalue weighted by Gasteiger charge is -2.23. The molecular formula is C26H30N4O5S. The predicted molar refractivity (Wildman–Crippen MR) is 134 cm³/mol. The number of aryl methyl sites for hydroxylation is 1. The third-order valence-electron chi connectivity index (χ3n) is 6.79. The molecule has 3 atom stereocenters. The van der Waals surface area contributed by atoms with E-state index in [1.165, 1.54) is 4.31 Å². The normalized spacial score (nSPS) is 25.8. The molecule has 36 heavy (non-hydrogen) atoms. The molecule has 4 bridgehead atoms. The van der Waals surface area contributed by atoms with E-state index in [2.05, 4.69) is 11.0 Å². The summed E-state index contributed by atoms with van der Waals surface area (Å²) in [5.74, 6) is -0.00602. The number of para-hydroxylation sites is 1. The second-order valence-electron chi connectivity index (χ2n) is 9.19. The van der Waals surface area contributed by atoms with Crippen molar-refractivity contribution in [3.8, 4) is 5.75 Å². The molecule has 0 spiro atoms. The summed E-state index contributed by atoms with van der Waals surface area (Å²) in [5.41, 5.74) is 11.0. The molecule has 0 amide bonds. The summed E-state index contributed by atoms with van der Waals surface area (Å²) in [5, 5.41) is 0. The molecule has 0 fully saturated rings. The third-order valence-corrected chi connectivity index (χ3v) is 8.64. The maximum atomic E-state index is 13.7. The van der Waals surface area contributed by atoms with E-state index in [-0.39, 0.29) is 36.3 Å². The Kier molecular flexibility index (Phi) is 6.72. The summed E-state index contributed by atoms with van der Waals surface area (Å²) in [4.78, 5) is 12.6. The van der Waals surface area contributed by atoms with Gasteiger partial charge in [-0.05, 0) is 55.0 Å². The molecule has 0 saturated heterocycles. The van der Waals surface area contributed by atoms with Gasteiger partial charge in [0, 0.05) is 13.0 Å². The molecule has 3 aliphatic rings. The number of hydrogen-bond acceptors (Lipinski definition) is 6. The van der Waals surface area contributed by atoms with E-state index in [0.717, 1.165) is 22.4 Å². The van der Waals surface area contributed by atoms with Crippen LogP contribution in [-0.4, -0.2) is 48.8 Å². The van der Waals surface area contributed by atoms with Gasteiger partial charge in [-0.3, -0.25) is 4.79 Å². The number of hydrogen-bond donors (Lipinski definition) is 1. The number of nitrogens with one attached hydrogen (secondary N) is 1. The molecule has 3 aliphatic heterocycles. The number of fused-ring (bicyclic) bond motifs is 6. The molecular weight excluding hydrogens is 480 g/mol. The Bertz CT molecular complexity index is 1340. The number of benzene rings is 2. The SMILES string of the molecule is CCOC(=O)CC1CCC2=CN[N-]/[N+]2=C/[C@@H]2CN(Cc3cc1ccc3C)S(=O)(=O)c1ccccc1O2. The van der Waals surface area contributed by atoms with Gasteiger partial charge in [-0.25, -0.2) is 13.1 Å². The minimum Gasteiger partial charge on any atom is -0.477 e. The van der Waals surface area contributed by atoms with Gasteiger partial charge in [-0.1, -0.05) is 30.3 Å². The van der Waals surface area contributed by atoms with Gasteiger partial charge in [-0.2, -0.15) is 4.31 Å². The van der Waals surface area contributed by atoms with E-state index in [9.17, 15) is 13.2 Å². The average Bonchev–Trinajstić information content (AvgIpc) is 3.25. The average molecular weight is 511 g/mol. The number of carbonyl (C=O) groups excluding carboxylic acids is 1. The highest BCUT2D eigenvalue weighted by Crippen LogP contribution is 2.34. The summed E-state index contributed by atoms with van der Waals surface area (Å²) >= 11 is 0. The fraction of sp³-hybridized carbons (Fsp3) is 0.385. The van der Waals surface area contributed by atoms with Crippen molar-refractivity contribution in [2.45, 2.75) is 56.6 Å². The standard InChI is InChI=1S/C26H30N4O5S/c1-3-34-26(31)13-20-10-11-22-14-27-28-30(22)17-23-16-29(15-21-12-19(20)9-8-18(21)2)36(32,33)25-7-5-4-6-24(25)35-23/h4-9,12,14,17,20,23,27H,3,10-11,13,15-16H2,1-2H3/b30-17+/t20?,23-/m0/s1. The van der Waals surface area contributed by atoms with Crippen LogP contribution < -0.4 is 10.2 Å². The zero-order valence-electron chi connectivity index (χ0n) is 20.4. The van der Waals surface area contributed by atoms with Crippen LogP contribution in [-0.2, 0) is 26.1 Å². The lowest BCUT2D eigenvalue weighted by molar-refractivity contribution is -0.420. The van der Waals surface area contributed by atoms with Crippen LogP contribution in [0.3, 0.4) is 0 Å². The summed E-state index contributed by atoms with van der Waals surface area (Å²) < 4.78 is 42.1. The van der Waals surface area contributed by atoms with Crippen molar-refractivity contribution in [1.29, 1.82) is 0 Å². The molecule has 0 aromatic heterocycles. The van der Waals surface area contributed by atoms with Crippen LogP contribution in [0.25, 0.3) is 5.53 Å². The van der Waals surface area contributed by atoms with Crippen molar-refractivity contribution in [3.63, 3.8) is 0 Å². The quantitative estimate of drug-likeness (QED) is 0.501. The van der Waals surface area contributed by atoms with Gasteiger partial charge >= 0.3 is 5.97 Å². The van der Waals surface area contributed by atoms with E-state index in [0.29, 0.717) is 25.2 Å². The molecule has 190 valence electrons. The Hall–Kier alpha value is -3.37. The Balaban J connectivity index is 1.62. The Morgan fingerprint density at radius 2 is 2.11 bits per heavy atom. The van der Waals surface area contributed by atoms with E-state index < -0.39 is 16.1 Å². The summed E-state index contributed by atoms with van der Waals surface area (Å²) in [6, 6.07) is 12.8. The van der Waals surface area contributed by atoms with Crippen molar-refractivity contribution in [3.05, 3.63) is 76.6 Å². The van der Waals surface area contributed by atoms with Crippen LogP contribution in [0.15, 0.2) is 59.3 Å². The molecule has 3 heterocycles. The fourth-order valence-electron chi connectivity index (χ4n) is 4.83. The van der Waals surface area contributed by atoms with Crippen LogP contribution in [0.1, 0.15) is 48.8 Å². The van der Waals surface area contributed by atoms with Gasteiger partial charge in [0.05, 0.1) is 25.8 Å². The highest BCUT2D eigenvalue weighted by molar-refractivity contribution is 7.89. The molecule has 5 rings (SSSR count). The molecule has 0 aliphatic carbocycles. The first-order chi connectivity index (χ1) is 17.3. The Morgan fingerprint density at radius 1 is 1.28 bits per heavy atom. The molecule has 2 aromatic carbocycles. The van der Waals surface area contributed by atoms with E-state index >= 15 is 0 Å². The molecule has 10 heteroatoms. The monoisotopic (exact) mass is 510 g/mol. The third kappa shape index (κ3) is 4.83. The molecule has 2 aromatic rings. The van der Waals surface area contributed by atoms with Gasteiger partial charge in [0.2, 0.25) is 10.0 Å². The number of rotatable bonds is 3. The van der Waals surface area contributed by atoms with Crippen LogP contribution in [0.4, 0.5) is 0 Å². The van der Waals surface area contributed by atoms with Crippen LogP contribution in [0, 0.1) is 6.92 Å². The van der Waals surface area contributed by atoms with Crippen molar-refractivity contribution in [2.24, 2.45) is 0 Å². The van der Waals surface area contributed by atoms with Crippen molar-refractivity contribution in [1.82, 2.24) is 9.73 Å². The number of esters is 1. The lowest BCUT2D eigenvalue weighted by Crippen LogP contribution is -2.38. The first-order valence-corrected chi connectivity index (χ1v) is 13.6. The zero-order valence-corrected chi connectivity index (χ0v) is 21.2. The van der Waals surface area contributed by atoms with Gasteiger partial charge in [0.25, 0.3) is 0 Å². The van der Waals surface area contributed by atoms with Gasteiger partial charge < -0.3 is 20.4 Å². The highest BCUT2D eigenvalue weighted by atomic mass is 32.2. The van der Waals surface area contributed by atoms with Crippen molar-refractivity contribution >= 4 is 22.2 Å². The Labute approximate surface area is 211 Å². The number of sulfonamides is 1. The van der Waals surface area contributed by atoms with E-state index in [4.69, 9.17) is 9.47 Å². The zero-order chi connectivity index (χ0) is 25.3. The lowest BCUT2D eigenvalue weighted by atomic mass is 9.88. The largest absolute Gasteiger partial charge is 0.477 e. The van der Waals surface area contributed by atoms with Crippen LogP contribution >= 0.6 is 0 Å². The highest BCUT2D eigenvalue weighted by Gasteiger charge is 2.36. The maximum Gasteiger partial charge on any atom is 0.306 e. The van der Waals surface area contributed by atoms with Gasteiger partial charge in [-0.15, -0.1) is 0 Å². The van der Waals surface area contributed by atoms with Gasteiger partial charge in [0.1, 0.15) is 10.6 Å². The van der Waals surface area contributed by atoms with Crippen molar-refractivity contribution < 1.29 is 27.4 Å². The van der Waals surface area contributed by atoms with Crippen molar-refractivity contribution in [2.75, 3.05) is 13.2 Å². The molecule has 1 N–H and O–H groups in total. The number of allylic oxidation sites excluding steroid dienone is 1. The topological polar surface area (TPSA) is 102 Å². The molecule has 0 saturated carbocycles. The smallest absolute Gasteiger partial charge is 0.306 e. The van der Waals surface area contributed by atoms with Gasteiger partial charge in [0.15, 0.2) is 18.0 Å². The van der Waals surface area contributed by atoms with E-state index in [1.807, 2.05) is 31.3 Å². The number of nitrogens with zero attached hydrogens (tertiary/aromatic N) is 3. The summed E-state index contributed by atoms with van der Waals surface area (Å²) in [6.07, 6.45) is 4.67. The number of carbonyl (C=O) groups is 1. The maximum absolute atomic E-state index is 13.7. The molecule has 0 radical (unpaired) electrons. The summed E-state index contributed by atoms with van der Waals surface area (Å²) in [7, 11) is -3.82. The predicted octanol–water partition coefficient (Wildman–Crippen LogP) is 3.51. The molecule has 2 unspecified atom stereocenters. The van der Waals surface area contributed by atoms with E-state index in [1.54, 1.807) is 42.1 Å². The first kappa shape index (κ1) is 24.3. The minimum absolute atomic E-state index is 0.0850. The molecule has 9 nitrogen and oxygen atoms in total. The minimum atomic E-state index is -3.82. The first-order valence-electron chi connectivity index (χ1n) is 12.2. The van der Waals surface area contributed by atoms with Crippen LogP contribution in [0.2, 0.25) is 0 Å². The Morgan fingerprint density at radius 3 is 2.94 bits per heavy atom. The second kappa shape index (κ2) is 9.94. The summed E-state index contributed by atoms with van der Waals surface area (Å²) in [6.45, 7) is 4.42. The second-order valence-corrected chi connectivity index (χ2v) is 11.1.